The molecule has 0 amide bonds. The Morgan fingerprint density at radius 1 is 1.19 bits per heavy atom. The van der Waals surface area contributed by atoms with Crippen LogP contribution in [0.4, 0.5) is 18.9 Å². The molecule has 32 heavy (non-hydrogen) atoms. The van der Waals surface area contributed by atoms with Gasteiger partial charge < -0.3 is 15.5 Å². The van der Waals surface area contributed by atoms with Gasteiger partial charge in [-0.05, 0) is 83.1 Å². The molecule has 1 aromatic carbocycles. The smallest absolute Gasteiger partial charge is 0.340 e. The van der Waals surface area contributed by atoms with Crippen molar-refractivity contribution in [2.24, 2.45) is 0 Å². The van der Waals surface area contributed by atoms with Crippen LogP contribution >= 0.6 is 23.8 Å². The Kier molecular flexibility index (Phi) is 7.08. The lowest BCUT2D eigenvalue weighted by Gasteiger charge is -2.50. The van der Waals surface area contributed by atoms with E-state index in [4.69, 9.17) is 23.8 Å². The molecule has 0 spiro atoms. The lowest BCUT2D eigenvalue weighted by molar-refractivity contribution is -0.137. The summed E-state index contributed by atoms with van der Waals surface area (Å²) in [5.74, 6) is 0. The minimum absolute atomic E-state index is 0.105. The summed E-state index contributed by atoms with van der Waals surface area (Å²) in [6, 6.07) is 9.37. The Balaban J connectivity index is 1.88. The minimum Gasteiger partial charge on any atom is -0.340 e. The maximum Gasteiger partial charge on any atom is 0.417 e. The highest BCUT2D eigenvalue weighted by Gasteiger charge is 2.41. The molecule has 2 aromatic rings. The molecule has 0 unspecified atom stereocenters. The molecule has 1 saturated heterocycles. The van der Waals surface area contributed by atoms with Crippen molar-refractivity contribution in [2.75, 3.05) is 5.32 Å². The van der Waals surface area contributed by atoms with Crippen molar-refractivity contribution >= 4 is 34.6 Å². The zero-order valence-electron chi connectivity index (χ0n) is 18.6. The van der Waals surface area contributed by atoms with Crippen LogP contribution in [0.3, 0.4) is 0 Å². The van der Waals surface area contributed by atoms with Gasteiger partial charge in [0.1, 0.15) is 0 Å². The first-order valence-electron chi connectivity index (χ1n) is 10.4. The normalized spacial score (nSPS) is 18.2. The predicted molar refractivity (Wildman–Crippen MR) is 127 cm³/mol. The van der Waals surface area contributed by atoms with Crippen molar-refractivity contribution in [1.82, 2.24) is 15.2 Å². The number of piperidine rings is 1. The summed E-state index contributed by atoms with van der Waals surface area (Å²) < 4.78 is 39.2. The summed E-state index contributed by atoms with van der Waals surface area (Å²) in [5, 5.41) is 6.81. The Bertz CT molecular complexity index is 947. The molecule has 3 rings (SSSR count). The molecule has 1 fully saturated rings. The number of rotatable bonds is 4. The monoisotopic (exact) mass is 484 g/mol. The highest BCUT2D eigenvalue weighted by molar-refractivity contribution is 7.80. The first-order chi connectivity index (χ1) is 14.8. The van der Waals surface area contributed by atoms with E-state index in [1.54, 1.807) is 6.20 Å². The molecular weight excluding hydrogens is 457 g/mol. The van der Waals surface area contributed by atoms with E-state index in [-0.39, 0.29) is 22.1 Å². The van der Waals surface area contributed by atoms with Gasteiger partial charge in [0.2, 0.25) is 0 Å². The van der Waals surface area contributed by atoms with Crippen LogP contribution in [0, 0.1) is 0 Å². The summed E-state index contributed by atoms with van der Waals surface area (Å²) in [5.41, 5.74) is 0.176. The number of benzene rings is 1. The van der Waals surface area contributed by atoms with E-state index in [1.165, 1.54) is 12.1 Å². The molecule has 2 heterocycles. The van der Waals surface area contributed by atoms with Crippen LogP contribution in [-0.2, 0) is 12.7 Å². The van der Waals surface area contributed by atoms with Crippen molar-refractivity contribution < 1.29 is 13.2 Å². The number of hydrogen-bond donors (Lipinski definition) is 2. The fourth-order valence-electron chi connectivity index (χ4n) is 4.54. The number of halogens is 4. The van der Waals surface area contributed by atoms with Gasteiger partial charge in [-0.3, -0.25) is 4.98 Å². The largest absolute Gasteiger partial charge is 0.417 e. The first kappa shape index (κ1) is 24.7. The second-order valence-corrected chi connectivity index (χ2v) is 10.3. The Morgan fingerprint density at radius 3 is 2.38 bits per heavy atom. The quantitative estimate of drug-likeness (QED) is 0.501. The van der Waals surface area contributed by atoms with Gasteiger partial charge in [-0.15, -0.1) is 0 Å². The SMILES string of the molecule is CC1(C)CC(N(Cc2ccccn2)C(=S)Nc2ccc(C(F)(F)F)c(Cl)c2)CC(C)(C)N1. The van der Waals surface area contributed by atoms with Gasteiger partial charge in [0.15, 0.2) is 5.11 Å². The number of thiocarbonyl (C=S) groups is 1. The first-order valence-corrected chi connectivity index (χ1v) is 11.2. The number of nitrogens with zero attached hydrogens (tertiary/aromatic N) is 2. The Morgan fingerprint density at radius 2 is 1.84 bits per heavy atom. The second kappa shape index (κ2) is 9.15. The van der Waals surface area contributed by atoms with E-state index in [0.29, 0.717) is 17.3 Å². The van der Waals surface area contributed by atoms with E-state index < -0.39 is 11.7 Å². The standard InChI is InChI=1S/C23H28ClF3N4S/c1-21(2)12-17(13-22(3,4)30-21)31(14-16-7-5-6-10-28-16)20(32)29-15-8-9-18(19(24)11-15)23(25,26)27/h5-11,17,30H,12-14H2,1-4H3,(H,29,32). The summed E-state index contributed by atoms with van der Waals surface area (Å²) in [6.45, 7) is 9.12. The molecule has 0 saturated carbocycles. The molecule has 1 aliphatic heterocycles. The molecule has 0 atom stereocenters. The highest BCUT2D eigenvalue weighted by Crippen LogP contribution is 2.36. The van der Waals surface area contributed by atoms with Gasteiger partial charge in [0, 0.05) is 29.0 Å². The van der Waals surface area contributed by atoms with Crippen molar-refractivity contribution in [3.8, 4) is 0 Å². The lowest BCUT2D eigenvalue weighted by atomic mass is 9.79. The average molecular weight is 485 g/mol. The maximum absolute atomic E-state index is 13.1. The molecule has 0 bridgehead atoms. The van der Waals surface area contributed by atoms with Crippen molar-refractivity contribution in [1.29, 1.82) is 0 Å². The van der Waals surface area contributed by atoms with Gasteiger partial charge in [0.25, 0.3) is 0 Å². The number of hydrogen-bond acceptors (Lipinski definition) is 3. The van der Waals surface area contributed by atoms with E-state index in [0.717, 1.165) is 24.6 Å². The zero-order chi connectivity index (χ0) is 23.7. The molecule has 0 radical (unpaired) electrons. The highest BCUT2D eigenvalue weighted by atomic mass is 35.5. The second-order valence-electron chi connectivity index (χ2n) is 9.53. The summed E-state index contributed by atoms with van der Waals surface area (Å²) >= 11 is 11.6. The van der Waals surface area contributed by atoms with Crippen LogP contribution in [0.2, 0.25) is 5.02 Å². The number of pyridine rings is 1. The van der Waals surface area contributed by atoms with Crippen molar-refractivity contribution in [2.45, 2.75) is 70.4 Å². The van der Waals surface area contributed by atoms with Gasteiger partial charge in [-0.1, -0.05) is 17.7 Å². The van der Waals surface area contributed by atoms with Gasteiger partial charge in [-0.25, -0.2) is 0 Å². The van der Waals surface area contributed by atoms with Gasteiger partial charge in [0.05, 0.1) is 22.8 Å². The summed E-state index contributed by atoms with van der Waals surface area (Å²) in [4.78, 5) is 6.51. The fraction of sp³-hybridized carbons (Fsp3) is 0.478. The Hall–Kier alpha value is -1.90. The van der Waals surface area contributed by atoms with Crippen LogP contribution in [0.1, 0.15) is 51.8 Å². The van der Waals surface area contributed by atoms with E-state index in [2.05, 4.69) is 48.2 Å². The number of aromatic nitrogens is 1. The molecule has 0 aliphatic carbocycles. The van der Waals surface area contributed by atoms with E-state index in [1.807, 2.05) is 18.2 Å². The van der Waals surface area contributed by atoms with Crippen LogP contribution in [0.5, 0.6) is 0 Å². The van der Waals surface area contributed by atoms with Crippen LogP contribution in [0.25, 0.3) is 0 Å². The molecule has 1 aromatic heterocycles. The molecule has 2 N–H and O–H groups in total. The third kappa shape index (κ3) is 6.33. The van der Waals surface area contributed by atoms with Crippen LogP contribution in [0.15, 0.2) is 42.6 Å². The van der Waals surface area contributed by atoms with Gasteiger partial charge in [-0.2, -0.15) is 13.2 Å². The molecule has 1 aliphatic rings. The maximum atomic E-state index is 13.1. The Labute approximate surface area is 197 Å². The molecule has 174 valence electrons. The van der Waals surface area contributed by atoms with Crippen LogP contribution in [-0.4, -0.2) is 32.1 Å². The number of alkyl halides is 3. The van der Waals surface area contributed by atoms with Gasteiger partial charge >= 0.3 is 6.18 Å². The van der Waals surface area contributed by atoms with Crippen LogP contribution < -0.4 is 10.6 Å². The third-order valence-corrected chi connectivity index (χ3v) is 6.10. The molecule has 4 nitrogen and oxygen atoms in total. The van der Waals surface area contributed by atoms with Crippen molar-refractivity contribution in [3.05, 3.63) is 58.9 Å². The topological polar surface area (TPSA) is 40.2 Å². The minimum atomic E-state index is -4.51. The summed E-state index contributed by atoms with van der Waals surface area (Å²) in [7, 11) is 0. The summed E-state index contributed by atoms with van der Waals surface area (Å²) in [6.07, 6.45) is -1.08. The third-order valence-electron chi connectivity index (χ3n) is 5.45. The lowest BCUT2D eigenvalue weighted by Crippen LogP contribution is -2.63. The number of anilines is 1. The molecule has 9 heteroatoms. The average Bonchev–Trinajstić information content (AvgIpc) is 2.63. The predicted octanol–water partition coefficient (Wildman–Crippen LogP) is 6.26. The zero-order valence-corrected chi connectivity index (χ0v) is 20.1. The fourth-order valence-corrected chi connectivity index (χ4v) is 5.16. The molecular formula is C23H28ClF3N4S. The number of nitrogens with one attached hydrogen (secondary N) is 2. The van der Waals surface area contributed by atoms with E-state index >= 15 is 0 Å². The van der Waals surface area contributed by atoms with E-state index in [9.17, 15) is 13.2 Å². The van der Waals surface area contributed by atoms with Crippen molar-refractivity contribution in [3.63, 3.8) is 0 Å².